The third-order valence-electron chi connectivity index (χ3n) is 3.83. The number of carbonyl (C=O) groups excluding carboxylic acids is 1. The van der Waals surface area contributed by atoms with Gasteiger partial charge in [0.25, 0.3) is 10.7 Å². The van der Waals surface area contributed by atoms with Crippen molar-refractivity contribution in [3.05, 3.63) is 28.6 Å². The van der Waals surface area contributed by atoms with Crippen molar-refractivity contribution in [1.82, 2.24) is 10.3 Å². The molecule has 3 rings (SSSR count). The third-order valence-corrected chi connectivity index (χ3v) is 4.01. The molecular weight excluding hydrogens is 276 g/mol. The molecule has 1 fully saturated rings. The lowest BCUT2D eigenvalue weighted by Gasteiger charge is -2.14. The lowest BCUT2D eigenvalue weighted by atomic mass is 10.1. The zero-order valence-corrected chi connectivity index (χ0v) is 11.7. The Morgan fingerprint density at radius 1 is 1.50 bits per heavy atom. The molecule has 2 aromatic rings. The van der Waals surface area contributed by atoms with Crippen molar-refractivity contribution in [3.63, 3.8) is 0 Å². The normalized spacial score (nSPS) is 22.2. The van der Waals surface area contributed by atoms with Gasteiger partial charge in [-0.25, -0.2) is 0 Å². The van der Waals surface area contributed by atoms with E-state index in [4.69, 9.17) is 16.6 Å². The number of benzene rings is 1. The van der Waals surface area contributed by atoms with E-state index in [0.29, 0.717) is 22.5 Å². The molecule has 1 heterocycles. The monoisotopic (exact) mass is 292 g/mol. The van der Waals surface area contributed by atoms with Gasteiger partial charge in [0.2, 0.25) is 0 Å². The number of oxazole rings is 1. The molecule has 1 saturated carbocycles. The number of H-pyrrole nitrogens is 1. The molecule has 6 heteroatoms. The highest BCUT2D eigenvalue weighted by Gasteiger charge is 2.25. The van der Waals surface area contributed by atoms with E-state index < -0.39 is 0 Å². The molecule has 5 nitrogen and oxygen atoms in total. The summed E-state index contributed by atoms with van der Waals surface area (Å²) in [6, 6.07) is 5.17. The van der Waals surface area contributed by atoms with Gasteiger partial charge in [-0.05, 0) is 43.3 Å². The molecule has 0 saturated heterocycles. The summed E-state index contributed by atoms with van der Waals surface area (Å²) in [4.78, 5) is 15.3. The first-order valence-electron chi connectivity index (χ1n) is 6.72. The van der Waals surface area contributed by atoms with Crippen LogP contribution in [-0.4, -0.2) is 28.6 Å². The summed E-state index contributed by atoms with van der Waals surface area (Å²) >= 11 is 4.91. The zero-order chi connectivity index (χ0) is 14.1. The van der Waals surface area contributed by atoms with Crippen LogP contribution in [0.4, 0.5) is 0 Å². The third kappa shape index (κ3) is 2.62. The van der Waals surface area contributed by atoms with Gasteiger partial charge in [0, 0.05) is 18.0 Å². The van der Waals surface area contributed by atoms with Crippen LogP contribution in [0.2, 0.25) is 0 Å². The Morgan fingerprint density at radius 2 is 2.35 bits per heavy atom. The van der Waals surface area contributed by atoms with Crippen molar-refractivity contribution in [1.29, 1.82) is 0 Å². The predicted molar refractivity (Wildman–Crippen MR) is 77.1 cm³/mol. The molecule has 3 N–H and O–H groups in total. The SMILES string of the molecule is O=C(NCC1CCCC1O)c1ccc2[nH]c(=S)oc2c1. The van der Waals surface area contributed by atoms with Gasteiger partial charge in [-0.3, -0.25) is 4.79 Å². The van der Waals surface area contributed by atoms with Gasteiger partial charge >= 0.3 is 0 Å². The lowest BCUT2D eigenvalue weighted by Crippen LogP contribution is -2.32. The van der Waals surface area contributed by atoms with Gasteiger partial charge in [-0.2, -0.15) is 0 Å². The van der Waals surface area contributed by atoms with Crippen molar-refractivity contribution in [2.45, 2.75) is 25.4 Å². The Morgan fingerprint density at radius 3 is 3.10 bits per heavy atom. The fourth-order valence-electron chi connectivity index (χ4n) is 2.67. The Kier molecular flexibility index (Phi) is 3.58. The predicted octanol–water partition coefficient (Wildman–Crippen LogP) is 2.38. The summed E-state index contributed by atoms with van der Waals surface area (Å²) in [6.45, 7) is 0.509. The Labute approximate surface area is 121 Å². The van der Waals surface area contributed by atoms with Crippen LogP contribution in [0, 0.1) is 10.8 Å². The van der Waals surface area contributed by atoms with Crippen LogP contribution in [0.3, 0.4) is 0 Å². The van der Waals surface area contributed by atoms with Gasteiger partial charge in [0.05, 0.1) is 11.6 Å². The van der Waals surface area contributed by atoms with Gasteiger partial charge < -0.3 is 19.8 Å². The van der Waals surface area contributed by atoms with E-state index in [1.54, 1.807) is 18.2 Å². The van der Waals surface area contributed by atoms with Crippen LogP contribution < -0.4 is 5.32 Å². The number of fused-ring (bicyclic) bond motifs is 1. The van der Waals surface area contributed by atoms with E-state index in [9.17, 15) is 9.90 Å². The van der Waals surface area contributed by atoms with Crippen molar-refractivity contribution in [2.24, 2.45) is 5.92 Å². The largest absolute Gasteiger partial charge is 0.429 e. The minimum absolute atomic E-state index is 0.159. The fraction of sp³-hybridized carbons (Fsp3) is 0.429. The number of aromatic nitrogens is 1. The van der Waals surface area contributed by atoms with Crippen LogP contribution in [-0.2, 0) is 0 Å². The number of aliphatic hydroxyl groups is 1. The summed E-state index contributed by atoms with van der Waals surface area (Å²) in [7, 11) is 0. The molecule has 1 amide bonds. The average molecular weight is 292 g/mol. The smallest absolute Gasteiger partial charge is 0.266 e. The number of rotatable bonds is 3. The molecule has 1 aromatic carbocycles. The molecule has 0 spiro atoms. The summed E-state index contributed by atoms with van der Waals surface area (Å²) in [6.07, 6.45) is 2.53. The summed E-state index contributed by atoms with van der Waals surface area (Å²) in [5.74, 6) is 0.00666. The number of hydrogen-bond acceptors (Lipinski definition) is 4. The maximum Gasteiger partial charge on any atom is 0.266 e. The molecular formula is C14H16N2O3S. The van der Waals surface area contributed by atoms with E-state index in [1.807, 2.05) is 0 Å². The molecule has 0 bridgehead atoms. The quantitative estimate of drug-likeness (QED) is 0.759. The minimum Gasteiger partial charge on any atom is -0.429 e. The van der Waals surface area contributed by atoms with E-state index >= 15 is 0 Å². The summed E-state index contributed by atoms with van der Waals surface area (Å²) in [5, 5.41) is 12.6. The van der Waals surface area contributed by atoms with E-state index in [-0.39, 0.29) is 17.9 Å². The first-order valence-corrected chi connectivity index (χ1v) is 7.13. The molecule has 1 aliphatic rings. The molecule has 20 heavy (non-hydrogen) atoms. The van der Waals surface area contributed by atoms with Crippen LogP contribution >= 0.6 is 12.2 Å². The van der Waals surface area contributed by atoms with Crippen LogP contribution in [0.15, 0.2) is 22.6 Å². The molecule has 2 unspecified atom stereocenters. The Bertz CT molecular complexity index is 691. The van der Waals surface area contributed by atoms with Crippen LogP contribution in [0.25, 0.3) is 11.1 Å². The van der Waals surface area contributed by atoms with Crippen molar-refractivity contribution in [2.75, 3.05) is 6.54 Å². The number of aromatic amines is 1. The van der Waals surface area contributed by atoms with Crippen LogP contribution in [0.5, 0.6) is 0 Å². The number of carbonyl (C=O) groups is 1. The number of aliphatic hydroxyl groups excluding tert-OH is 1. The molecule has 0 radical (unpaired) electrons. The number of nitrogens with one attached hydrogen (secondary N) is 2. The average Bonchev–Trinajstić information content (AvgIpc) is 2.99. The van der Waals surface area contributed by atoms with E-state index in [0.717, 1.165) is 24.8 Å². The fourth-order valence-corrected chi connectivity index (χ4v) is 2.87. The first-order chi connectivity index (χ1) is 9.63. The van der Waals surface area contributed by atoms with Gasteiger partial charge in [-0.15, -0.1) is 0 Å². The van der Waals surface area contributed by atoms with Crippen molar-refractivity contribution >= 4 is 29.2 Å². The van der Waals surface area contributed by atoms with Gasteiger partial charge in [0.1, 0.15) is 0 Å². The summed E-state index contributed by atoms with van der Waals surface area (Å²) < 4.78 is 5.29. The maximum atomic E-state index is 12.1. The second-order valence-corrected chi connectivity index (χ2v) is 5.56. The maximum absolute atomic E-state index is 12.1. The zero-order valence-electron chi connectivity index (χ0n) is 10.9. The molecule has 0 aliphatic heterocycles. The first kappa shape index (κ1) is 13.3. The van der Waals surface area contributed by atoms with E-state index in [1.165, 1.54) is 0 Å². The van der Waals surface area contributed by atoms with Crippen molar-refractivity contribution < 1.29 is 14.3 Å². The number of amides is 1. The molecule has 2 atom stereocenters. The Hall–Kier alpha value is -1.66. The van der Waals surface area contributed by atoms with Gasteiger partial charge in [0.15, 0.2) is 5.58 Å². The highest BCUT2D eigenvalue weighted by Crippen LogP contribution is 2.24. The summed E-state index contributed by atoms with van der Waals surface area (Å²) in [5.41, 5.74) is 1.88. The van der Waals surface area contributed by atoms with E-state index in [2.05, 4.69) is 10.3 Å². The second-order valence-electron chi connectivity index (χ2n) is 5.19. The highest BCUT2D eigenvalue weighted by atomic mass is 32.1. The molecule has 106 valence electrons. The molecule has 1 aliphatic carbocycles. The molecule has 1 aromatic heterocycles. The minimum atomic E-state index is -0.291. The Balaban J connectivity index is 1.70. The van der Waals surface area contributed by atoms with Crippen molar-refractivity contribution in [3.8, 4) is 0 Å². The topological polar surface area (TPSA) is 78.3 Å². The standard InChI is InChI=1S/C14H16N2O3S/c17-11-3-1-2-9(11)7-15-13(18)8-4-5-10-12(6-8)19-14(20)16-10/h4-6,9,11,17H,1-3,7H2,(H,15,18)(H,16,20). The number of hydrogen-bond donors (Lipinski definition) is 3. The second kappa shape index (κ2) is 5.38. The van der Waals surface area contributed by atoms with Crippen LogP contribution in [0.1, 0.15) is 29.6 Å². The highest BCUT2D eigenvalue weighted by molar-refractivity contribution is 7.71. The lowest BCUT2D eigenvalue weighted by molar-refractivity contribution is 0.0917. The van der Waals surface area contributed by atoms with Gasteiger partial charge in [-0.1, -0.05) is 6.42 Å².